The van der Waals surface area contributed by atoms with Gasteiger partial charge in [-0.25, -0.2) is 9.36 Å². The Hall–Kier alpha value is -3.60. The van der Waals surface area contributed by atoms with Gasteiger partial charge in [-0.2, -0.15) is 0 Å². The summed E-state index contributed by atoms with van der Waals surface area (Å²) in [5.41, 5.74) is 5.32. The molecule has 328 valence electrons. The summed E-state index contributed by atoms with van der Waals surface area (Å²) in [4.78, 5) is 45.8. The largest absolute Gasteiger partial charge is 0.480 e. The Balaban J connectivity index is 4.63. The lowest BCUT2D eigenvalue weighted by Gasteiger charge is -2.20. The summed E-state index contributed by atoms with van der Waals surface area (Å²) in [6.07, 6.45) is 51.2. The molecule has 0 aliphatic carbocycles. The van der Waals surface area contributed by atoms with Crippen molar-refractivity contribution in [3.05, 3.63) is 97.2 Å². The number of rotatable bonds is 38. The molecule has 58 heavy (non-hydrogen) atoms. The third-order valence-corrected chi connectivity index (χ3v) is 9.38. The van der Waals surface area contributed by atoms with Crippen molar-refractivity contribution in [2.45, 2.75) is 154 Å². The van der Waals surface area contributed by atoms with E-state index in [9.17, 15) is 23.8 Å². The van der Waals surface area contributed by atoms with E-state index in [0.29, 0.717) is 12.8 Å². The zero-order valence-corrected chi connectivity index (χ0v) is 36.2. The average molecular weight is 832 g/mol. The molecule has 0 saturated carbocycles. The second-order valence-corrected chi connectivity index (χ2v) is 15.3. The van der Waals surface area contributed by atoms with Gasteiger partial charge in [0.05, 0.1) is 13.2 Å². The molecular formula is C46H74NO10P. The number of phosphoric ester groups is 1. The first-order valence-corrected chi connectivity index (χ1v) is 22.8. The van der Waals surface area contributed by atoms with Crippen molar-refractivity contribution in [1.82, 2.24) is 0 Å². The van der Waals surface area contributed by atoms with E-state index in [1.165, 1.54) is 70.3 Å². The van der Waals surface area contributed by atoms with E-state index >= 15 is 0 Å². The Labute approximate surface area is 349 Å². The highest BCUT2D eigenvalue weighted by Gasteiger charge is 2.28. The number of unbranched alkanes of at least 4 members (excludes halogenated alkanes) is 11. The molecule has 0 fully saturated rings. The van der Waals surface area contributed by atoms with E-state index in [1.54, 1.807) is 12.2 Å². The molecule has 0 aromatic carbocycles. The van der Waals surface area contributed by atoms with Crippen LogP contribution in [0.2, 0.25) is 0 Å². The molecule has 0 radical (unpaired) electrons. The summed E-state index contributed by atoms with van der Waals surface area (Å²) in [5.74, 6) is -2.76. The van der Waals surface area contributed by atoms with Crippen molar-refractivity contribution >= 4 is 25.7 Å². The fourth-order valence-electron chi connectivity index (χ4n) is 5.12. The van der Waals surface area contributed by atoms with E-state index < -0.39 is 57.7 Å². The van der Waals surface area contributed by atoms with Gasteiger partial charge in [-0.1, -0.05) is 169 Å². The topological polar surface area (TPSA) is 172 Å². The maximum atomic E-state index is 12.6. The van der Waals surface area contributed by atoms with Crippen LogP contribution in [-0.4, -0.2) is 59.9 Å². The highest BCUT2D eigenvalue weighted by molar-refractivity contribution is 7.47. The molecule has 0 aliphatic rings. The summed E-state index contributed by atoms with van der Waals surface area (Å²) in [6.45, 7) is 2.47. The van der Waals surface area contributed by atoms with Crippen LogP contribution in [0.15, 0.2) is 97.2 Å². The minimum atomic E-state index is -4.76. The third-order valence-electron chi connectivity index (χ3n) is 8.43. The van der Waals surface area contributed by atoms with Gasteiger partial charge in [0.25, 0.3) is 0 Å². The van der Waals surface area contributed by atoms with Gasteiger partial charge in [0.1, 0.15) is 12.6 Å². The smallest absolute Gasteiger partial charge is 0.472 e. The summed E-state index contributed by atoms with van der Waals surface area (Å²) in [5, 5.41) is 8.88. The number of nitrogens with two attached hydrogens (primary N) is 1. The number of carboxylic acid groups (broad SMARTS) is 1. The predicted octanol–water partition coefficient (Wildman–Crippen LogP) is 11.3. The van der Waals surface area contributed by atoms with Crippen molar-refractivity contribution in [1.29, 1.82) is 0 Å². The van der Waals surface area contributed by atoms with Crippen LogP contribution in [0.3, 0.4) is 0 Å². The summed E-state index contributed by atoms with van der Waals surface area (Å²) in [7, 11) is -4.76. The molecule has 0 saturated heterocycles. The Morgan fingerprint density at radius 3 is 1.60 bits per heavy atom. The normalized spacial score (nSPS) is 14.7. The van der Waals surface area contributed by atoms with Gasteiger partial charge in [0.15, 0.2) is 6.10 Å². The number of esters is 2. The van der Waals surface area contributed by atoms with E-state index in [-0.39, 0.29) is 6.42 Å². The quantitative estimate of drug-likeness (QED) is 0.0135. The van der Waals surface area contributed by atoms with Gasteiger partial charge in [0.2, 0.25) is 0 Å². The third kappa shape index (κ3) is 39.2. The molecule has 4 N–H and O–H groups in total. The molecule has 11 nitrogen and oxygen atoms in total. The molecule has 3 atom stereocenters. The number of carbonyl (C=O) groups is 3. The lowest BCUT2D eigenvalue weighted by atomic mass is 10.1. The van der Waals surface area contributed by atoms with Gasteiger partial charge in [-0.05, 0) is 57.8 Å². The Morgan fingerprint density at radius 2 is 1.09 bits per heavy atom. The first-order chi connectivity index (χ1) is 28.1. The number of allylic oxidation sites excluding steroid dienone is 15. The van der Waals surface area contributed by atoms with Gasteiger partial charge in [-0.3, -0.25) is 18.6 Å². The molecule has 1 unspecified atom stereocenters. The number of carboxylic acids is 1. The van der Waals surface area contributed by atoms with Crippen LogP contribution in [0.4, 0.5) is 0 Å². The van der Waals surface area contributed by atoms with Crippen molar-refractivity contribution in [2.75, 3.05) is 19.8 Å². The zero-order valence-electron chi connectivity index (χ0n) is 35.3. The maximum absolute atomic E-state index is 12.6. The monoisotopic (exact) mass is 832 g/mol. The first-order valence-electron chi connectivity index (χ1n) is 21.3. The molecular weight excluding hydrogens is 757 g/mol. The molecule has 0 aromatic rings. The van der Waals surface area contributed by atoms with Gasteiger partial charge in [0, 0.05) is 12.5 Å². The van der Waals surface area contributed by atoms with Crippen molar-refractivity contribution in [3.63, 3.8) is 0 Å². The molecule has 0 bridgehead atoms. The zero-order chi connectivity index (χ0) is 42.8. The second-order valence-electron chi connectivity index (χ2n) is 13.8. The number of hydrogen-bond acceptors (Lipinski definition) is 9. The Morgan fingerprint density at radius 1 is 0.603 bits per heavy atom. The van der Waals surface area contributed by atoms with Crippen molar-refractivity contribution in [3.8, 4) is 0 Å². The molecule has 0 amide bonds. The SMILES string of the molecule is CC/C=C/C/C=C/C/C=C/C/C=C/C/C=C/C/C=C/CCC(=O)O[C@H](COC(=O)/C=C/C=C/CCCCCCCCCCCCC)COP(=O)(O)OC[C@H](N)C(=O)O. The summed E-state index contributed by atoms with van der Waals surface area (Å²) in [6, 6.07) is -1.55. The van der Waals surface area contributed by atoms with Crippen LogP contribution in [0, 0.1) is 0 Å². The summed E-state index contributed by atoms with van der Waals surface area (Å²) < 4.78 is 32.4. The van der Waals surface area contributed by atoms with Gasteiger partial charge in [-0.15, -0.1) is 0 Å². The van der Waals surface area contributed by atoms with Gasteiger partial charge < -0.3 is 25.2 Å². The summed E-state index contributed by atoms with van der Waals surface area (Å²) >= 11 is 0. The van der Waals surface area contributed by atoms with E-state index in [4.69, 9.17) is 24.8 Å². The number of ether oxygens (including phenoxy) is 2. The minimum Gasteiger partial charge on any atom is -0.480 e. The second kappa shape index (κ2) is 40.2. The number of carbonyl (C=O) groups excluding carboxylic acids is 2. The van der Waals surface area contributed by atoms with Crippen LogP contribution >= 0.6 is 7.82 Å². The predicted molar refractivity (Wildman–Crippen MR) is 235 cm³/mol. The first kappa shape index (κ1) is 54.4. The number of phosphoric acid groups is 1. The molecule has 0 aliphatic heterocycles. The highest BCUT2D eigenvalue weighted by Crippen LogP contribution is 2.43. The minimum absolute atomic E-state index is 0.0111. The fraction of sp³-hybridized carbons (Fsp3) is 0.587. The lowest BCUT2D eigenvalue weighted by Crippen LogP contribution is -2.34. The molecule has 12 heteroatoms. The lowest BCUT2D eigenvalue weighted by molar-refractivity contribution is -0.159. The van der Waals surface area contributed by atoms with Crippen LogP contribution in [0.1, 0.15) is 142 Å². The highest BCUT2D eigenvalue weighted by atomic mass is 31.2. The Kier molecular flexibility index (Phi) is 37.7. The maximum Gasteiger partial charge on any atom is 0.472 e. The molecule has 0 heterocycles. The van der Waals surface area contributed by atoms with E-state index in [2.05, 4.69) is 73.1 Å². The standard InChI is InChI=1S/C46H74NO10P/c1-3-5-7-9-11-13-15-17-19-20-21-22-24-26-28-30-32-34-36-38-45(49)57-42(40-55-58(52,53)56-41-43(47)46(50)51)39-54-44(48)37-35-33-31-29-27-25-23-18-16-14-12-10-8-6-4-2/h5,7,11,13,17,19,21-22,26,28,31-35,37,42-43H,3-4,6,8-10,12,14-16,18,20,23-25,27,29-30,36,38-41,47H2,1-2H3,(H,50,51)(H,52,53)/b7-5+,13-11+,19-17+,22-21+,28-26+,33-31+,34-32+,37-35+/t42-,43+/m1/s1. The molecule has 0 rings (SSSR count). The van der Waals surface area contributed by atoms with Gasteiger partial charge >= 0.3 is 25.7 Å². The Bertz CT molecular complexity index is 1350. The average Bonchev–Trinajstić information content (AvgIpc) is 3.20. The van der Waals surface area contributed by atoms with Crippen LogP contribution in [0.5, 0.6) is 0 Å². The van der Waals surface area contributed by atoms with Crippen molar-refractivity contribution < 1.29 is 47.5 Å². The van der Waals surface area contributed by atoms with E-state index in [1.807, 2.05) is 24.3 Å². The molecule has 0 aromatic heterocycles. The number of aliphatic carboxylic acids is 1. The number of hydrogen-bond donors (Lipinski definition) is 3. The van der Waals surface area contributed by atoms with Crippen LogP contribution in [-0.2, 0) is 37.5 Å². The van der Waals surface area contributed by atoms with E-state index in [0.717, 1.165) is 44.9 Å². The fourth-order valence-corrected chi connectivity index (χ4v) is 5.90. The molecule has 0 spiro atoms. The van der Waals surface area contributed by atoms with Crippen LogP contribution < -0.4 is 5.73 Å². The van der Waals surface area contributed by atoms with Crippen LogP contribution in [0.25, 0.3) is 0 Å². The van der Waals surface area contributed by atoms with Crippen molar-refractivity contribution in [2.24, 2.45) is 5.73 Å².